The van der Waals surface area contributed by atoms with E-state index in [0.29, 0.717) is 36.3 Å². The van der Waals surface area contributed by atoms with Gasteiger partial charge in [0.2, 0.25) is 0 Å². The Hall–Kier alpha value is -1.40. The molecule has 1 aromatic rings. The van der Waals surface area contributed by atoms with E-state index in [-0.39, 0.29) is 0 Å². The van der Waals surface area contributed by atoms with Crippen LogP contribution < -0.4 is 16.6 Å². The van der Waals surface area contributed by atoms with E-state index in [2.05, 4.69) is 34.6 Å². The van der Waals surface area contributed by atoms with Crippen molar-refractivity contribution in [2.75, 3.05) is 17.3 Å². The molecule has 0 bridgehead atoms. The summed E-state index contributed by atoms with van der Waals surface area (Å²) in [5.74, 6) is 7.55. The number of hydrogen-bond donors (Lipinski definition) is 3. The lowest BCUT2D eigenvalue weighted by Crippen LogP contribution is -2.30. The highest BCUT2D eigenvalue weighted by atomic mass is 16.5. The van der Waals surface area contributed by atoms with Gasteiger partial charge in [0.05, 0.1) is 0 Å². The van der Waals surface area contributed by atoms with Crippen LogP contribution in [0.3, 0.4) is 0 Å². The predicted octanol–water partition coefficient (Wildman–Crippen LogP) is 2.68. The number of nitrogen functional groups attached to an aromatic ring is 1. The molecule has 1 aliphatic carbocycles. The number of anilines is 2. The lowest BCUT2D eigenvalue weighted by Gasteiger charge is -2.34. The molecule has 2 rings (SSSR count). The lowest BCUT2D eigenvalue weighted by atomic mass is 9.75. The van der Waals surface area contributed by atoms with Crippen molar-refractivity contribution in [2.24, 2.45) is 11.3 Å². The van der Waals surface area contributed by atoms with E-state index in [1.54, 1.807) is 0 Å². The van der Waals surface area contributed by atoms with Crippen LogP contribution in [0.15, 0.2) is 6.07 Å². The fourth-order valence-electron chi connectivity index (χ4n) is 2.66. The molecule has 1 heterocycles. The number of hydrogen-bond acceptors (Lipinski definition) is 6. The average Bonchev–Trinajstić information content (AvgIpc) is 2.47. The number of hydrazine groups is 1. The lowest BCUT2D eigenvalue weighted by molar-refractivity contribution is 0.128. The summed E-state index contributed by atoms with van der Waals surface area (Å²) in [6.07, 6.45) is 4.82. The van der Waals surface area contributed by atoms with Gasteiger partial charge in [0.25, 0.3) is 0 Å². The third-order valence-corrected chi connectivity index (χ3v) is 4.05. The minimum atomic E-state index is 0.401. The van der Waals surface area contributed by atoms with E-state index in [1.165, 1.54) is 25.7 Å². The Morgan fingerprint density at radius 2 is 1.95 bits per heavy atom. The molecule has 1 aliphatic rings. The highest BCUT2D eigenvalue weighted by Gasteiger charge is 2.26. The van der Waals surface area contributed by atoms with Gasteiger partial charge < -0.3 is 15.5 Å². The number of aromatic nitrogens is 2. The maximum absolute atomic E-state index is 5.48. The molecule has 0 unspecified atom stereocenters. The summed E-state index contributed by atoms with van der Waals surface area (Å²) in [6.45, 7) is 7.67. The van der Waals surface area contributed by atoms with Crippen molar-refractivity contribution >= 4 is 11.6 Å². The Bertz CT molecular complexity index is 453. The Labute approximate surface area is 126 Å². The number of ether oxygens (including phenoxy) is 1. The molecule has 0 spiro atoms. The van der Waals surface area contributed by atoms with Crippen LogP contribution >= 0.6 is 0 Å². The van der Waals surface area contributed by atoms with Crippen molar-refractivity contribution < 1.29 is 4.74 Å². The van der Waals surface area contributed by atoms with Crippen molar-refractivity contribution in [3.05, 3.63) is 11.9 Å². The van der Waals surface area contributed by atoms with E-state index in [4.69, 9.17) is 10.6 Å². The molecule has 0 atom stereocenters. The second-order valence-electron chi connectivity index (χ2n) is 6.42. The van der Waals surface area contributed by atoms with Crippen LogP contribution in [-0.4, -0.2) is 22.6 Å². The molecule has 1 saturated carbocycles. The van der Waals surface area contributed by atoms with Gasteiger partial charge in [-0.25, -0.2) is 15.8 Å². The largest absolute Gasteiger partial charge is 0.374 e. The summed E-state index contributed by atoms with van der Waals surface area (Å²) in [4.78, 5) is 8.80. The maximum atomic E-state index is 5.48. The van der Waals surface area contributed by atoms with Crippen molar-refractivity contribution in [1.82, 2.24) is 9.97 Å². The van der Waals surface area contributed by atoms with Crippen LogP contribution in [-0.2, 0) is 11.3 Å². The van der Waals surface area contributed by atoms with Crippen molar-refractivity contribution in [2.45, 2.75) is 59.1 Å². The van der Waals surface area contributed by atoms with Gasteiger partial charge in [-0.15, -0.1) is 0 Å². The molecule has 1 fully saturated rings. The molecule has 1 aromatic heterocycles. The van der Waals surface area contributed by atoms with E-state index < -0.39 is 0 Å². The summed E-state index contributed by atoms with van der Waals surface area (Å²) < 4.78 is 5.37. The van der Waals surface area contributed by atoms with Gasteiger partial charge in [0.15, 0.2) is 5.82 Å². The molecule has 21 heavy (non-hydrogen) atoms. The summed E-state index contributed by atoms with van der Waals surface area (Å²) in [5, 5.41) is 3.51. The monoisotopic (exact) mass is 293 g/mol. The first-order chi connectivity index (χ1) is 10.0. The Morgan fingerprint density at radius 1 is 1.29 bits per heavy atom. The first-order valence-electron chi connectivity index (χ1n) is 7.71. The Balaban J connectivity index is 2.01. The number of nitrogens with zero attached hydrogens (tertiary/aromatic N) is 2. The Morgan fingerprint density at radius 3 is 2.57 bits per heavy atom. The molecule has 0 aromatic carbocycles. The molecule has 4 N–H and O–H groups in total. The van der Waals surface area contributed by atoms with Crippen LogP contribution in [0.1, 0.15) is 52.3 Å². The minimum absolute atomic E-state index is 0.401. The maximum Gasteiger partial charge on any atom is 0.158 e. The molecular formula is C15H27N5O. The first-order valence-corrected chi connectivity index (χ1v) is 7.71. The second kappa shape index (κ2) is 7.04. The Kier molecular flexibility index (Phi) is 5.36. The van der Waals surface area contributed by atoms with Gasteiger partial charge in [-0.05, 0) is 38.0 Å². The van der Waals surface area contributed by atoms with Gasteiger partial charge >= 0.3 is 0 Å². The van der Waals surface area contributed by atoms with Gasteiger partial charge in [-0.3, -0.25) is 0 Å². The summed E-state index contributed by atoms with van der Waals surface area (Å²) in [6, 6.07) is 2.31. The number of rotatable bonds is 6. The summed E-state index contributed by atoms with van der Waals surface area (Å²) >= 11 is 0. The van der Waals surface area contributed by atoms with Crippen LogP contribution in [0.2, 0.25) is 0 Å². The molecule has 118 valence electrons. The average molecular weight is 293 g/mol. The topological polar surface area (TPSA) is 85.1 Å². The molecule has 0 radical (unpaired) electrons. The zero-order valence-electron chi connectivity index (χ0n) is 13.3. The second-order valence-corrected chi connectivity index (χ2v) is 6.42. The SMILES string of the molecule is CCOCc1nc(NN)cc(NC2CCC(C)(C)CC2)n1. The van der Waals surface area contributed by atoms with E-state index in [0.717, 1.165) is 5.82 Å². The van der Waals surface area contributed by atoms with E-state index in [9.17, 15) is 0 Å². The predicted molar refractivity (Wildman–Crippen MR) is 84.8 cm³/mol. The van der Waals surface area contributed by atoms with Gasteiger partial charge in [0.1, 0.15) is 18.2 Å². The molecule has 0 amide bonds. The molecule has 0 aliphatic heterocycles. The van der Waals surface area contributed by atoms with Gasteiger partial charge in [-0.1, -0.05) is 13.8 Å². The van der Waals surface area contributed by atoms with Gasteiger partial charge in [-0.2, -0.15) is 0 Å². The molecule has 6 heteroatoms. The minimum Gasteiger partial charge on any atom is -0.374 e. The summed E-state index contributed by atoms with van der Waals surface area (Å²) in [7, 11) is 0. The quantitative estimate of drug-likeness (QED) is 0.552. The number of nitrogens with one attached hydrogen (secondary N) is 2. The normalized spacial score (nSPS) is 18.5. The highest BCUT2D eigenvalue weighted by Crippen LogP contribution is 2.36. The van der Waals surface area contributed by atoms with Crippen molar-refractivity contribution in [3.8, 4) is 0 Å². The van der Waals surface area contributed by atoms with Crippen LogP contribution in [0.25, 0.3) is 0 Å². The highest BCUT2D eigenvalue weighted by molar-refractivity contribution is 5.47. The molecule has 6 nitrogen and oxygen atoms in total. The molecular weight excluding hydrogens is 266 g/mol. The smallest absolute Gasteiger partial charge is 0.158 e. The fourth-order valence-corrected chi connectivity index (χ4v) is 2.66. The third-order valence-electron chi connectivity index (χ3n) is 4.05. The third kappa shape index (κ3) is 4.82. The van der Waals surface area contributed by atoms with Crippen molar-refractivity contribution in [3.63, 3.8) is 0 Å². The van der Waals surface area contributed by atoms with Gasteiger partial charge in [0, 0.05) is 18.7 Å². The fraction of sp³-hybridized carbons (Fsp3) is 0.733. The number of nitrogens with two attached hydrogens (primary N) is 1. The van der Waals surface area contributed by atoms with Crippen LogP contribution in [0.5, 0.6) is 0 Å². The first kappa shape index (κ1) is 16.0. The van der Waals surface area contributed by atoms with E-state index >= 15 is 0 Å². The zero-order chi connectivity index (χ0) is 15.3. The van der Waals surface area contributed by atoms with Crippen molar-refractivity contribution in [1.29, 1.82) is 0 Å². The standard InChI is InChI=1S/C15H27N5O/c1-4-21-10-14-18-12(9-13(19-14)20-16)17-11-5-7-15(2,3)8-6-11/h9,11H,4-8,10,16H2,1-3H3,(H2,17,18,19,20). The summed E-state index contributed by atoms with van der Waals surface area (Å²) in [5.41, 5.74) is 3.05. The molecule has 0 saturated heterocycles. The van der Waals surface area contributed by atoms with E-state index in [1.807, 2.05) is 13.0 Å². The van der Waals surface area contributed by atoms with Crippen LogP contribution in [0.4, 0.5) is 11.6 Å². The zero-order valence-corrected chi connectivity index (χ0v) is 13.3. The van der Waals surface area contributed by atoms with Crippen LogP contribution in [0, 0.1) is 5.41 Å².